The highest BCUT2D eigenvalue weighted by Crippen LogP contribution is 2.21. The molecule has 1 rings (SSSR count). The van der Waals surface area contributed by atoms with E-state index < -0.39 is 0 Å². The zero-order chi connectivity index (χ0) is 14.3. The van der Waals surface area contributed by atoms with Gasteiger partial charge in [0.2, 0.25) is 0 Å². The van der Waals surface area contributed by atoms with E-state index in [0.29, 0.717) is 25.1 Å². The number of hydrogen-bond acceptors (Lipinski definition) is 4. The lowest BCUT2D eigenvalue weighted by atomic mass is 10.2. The molecule has 0 aromatic heterocycles. The van der Waals surface area contributed by atoms with Gasteiger partial charge in [-0.1, -0.05) is 19.1 Å². The average Bonchev–Trinajstić information content (AvgIpc) is 2.44. The van der Waals surface area contributed by atoms with Crippen LogP contribution in [0, 0.1) is 5.82 Å². The molecule has 4 nitrogen and oxygen atoms in total. The summed E-state index contributed by atoms with van der Waals surface area (Å²) in [5.74, 6) is -0.368. The number of rotatable bonds is 7. The highest BCUT2D eigenvalue weighted by Gasteiger charge is 2.12. The van der Waals surface area contributed by atoms with Crippen LogP contribution in [-0.4, -0.2) is 38.2 Å². The van der Waals surface area contributed by atoms with Gasteiger partial charge in [-0.25, -0.2) is 4.39 Å². The lowest BCUT2D eigenvalue weighted by Crippen LogP contribution is -2.26. The molecule has 0 aliphatic rings. The van der Waals surface area contributed by atoms with Gasteiger partial charge in [-0.2, -0.15) is 0 Å². The third kappa shape index (κ3) is 4.52. The first kappa shape index (κ1) is 15.4. The van der Waals surface area contributed by atoms with Crippen LogP contribution in [0.3, 0.4) is 0 Å². The maximum absolute atomic E-state index is 14.0. The highest BCUT2D eigenvalue weighted by atomic mass is 19.1. The summed E-state index contributed by atoms with van der Waals surface area (Å²) >= 11 is 0. The van der Waals surface area contributed by atoms with Crippen LogP contribution >= 0.6 is 0 Å². The van der Waals surface area contributed by atoms with E-state index in [2.05, 4.69) is 4.74 Å². The first-order valence-electron chi connectivity index (χ1n) is 6.22. The smallest absolute Gasteiger partial charge is 0.306 e. The highest BCUT2D eigenvalue weighted by molar-refractivity contribution is 5.69. The van der Waals surface area contributed by atoms with Gasteiger partial charge in [0.1, 0.15) is 0 Å². The molecule has 0 fully saturated rings. The Labute approximate surface area is 113 Å². The fourth-order valence-corrected chi connectivity index (χ4v) is 1.78. The summed E-state index contributed by atoms with van der Waals surface area (Å²) in [4.78, 5) is 13.1. The fourth-order valence-electron chi connectivity index (χ4n) is 1.78. The molecule has 0 heterocycles. The van der Waals surface area contributed by atoms with Crippen molar-refractivity contribution in [2.24, 2.45) is 0 Å². The fraction of sp³-hybridized carbons (Fsp3) is 0.500. The molecule has 0 atom stereocenters. The molecule has 0 bridgehead atoms. The van der Waals surface area contributed by atoms with Crippen molar-refractivity contribution in [1.82, 2.24) is 4.90 Å². The van der Waals surface area contributed by atoms with E-state index in [1.165, 1.54) is 14.2 Å². The maximum Gasteiger partial charge on any atom is 0.306 e. The van der Waals surface area contributed by atoms with E-state index >= 15 is 0 Å². The Kier molecular flexibility index (Phi) is 6.29. The maximum atomic E-state index is 14.0. The predicted molar refractivity (Wildman–Crippen MR) is 70.5 cm³/mol. The molecule has 0 saturated heterocycles. The van der Waals surface area contributed by atoms with Gasteiger partial charge in [0.25, 0.3) is 0 Å². The molecule has 0 N–H and O–H groups in total. The zero-order valence-electron chi connectivity index (χ0n) is 11.6. The Hall–Kier alpha value is -1.62. The average molecular weight is 269 g/mol. The first-order valence-corrected chi connectivity index (χ1v) is 6.22. The molecule has 0 unspecified atom stereocenters. The second-order valence-corrected chi connectivity index (χ2v) is 4.13. The molecule has 0 amide bonds. The van der Waals surface area contributed by atoms with Crippen molar-refractivity contribution in [3.63, 3.8) is 0 Å². The van der Waals surface area contributed by atoms with Gasteiger partial charge in [-0.3, -0.25) is 9.69 Å². The number of methoxy groups -OCH3 is 2. The predicted octanol–water partition coefficient (Wildman–Crippen LogP) is 2.22. The number of hydrogen-bond donors (Lipinski definition) is 0. The summed E-state index contributed by atoms with van der Waals surface area (Å²) in [5.41, 5.74) is 0.561. The summed E-state index contributed by atoms with van der Waals surface area (Å²) in [5, 5.41) is 0. The molecule has 0 spiro atoms. The number of carbonyl (C=O) groups is 1. The summed E-state index contributed by atoms with van der Waals surface area (Å²) in [6, 6.07) is 5.06. The summed E-state index contributed by atoms with van der Waals surface area (Å²) in [6.07, 6.45) is 0.302. The lowest BCUT2D eigenvalue weighted by Gasteiger charge is -2.20. The van der Waals surface area contributed by atoms with Crippen molar-refractivity contribution in [2.75, 3.05) is 27.3 Å². The van der Waals surface area contributed by atoms with E-state index in [4.69, 9.17) is 4.74 Å². The summed E-state index contributed by atoms with van der Waals surface area (Å²) < 4.78 is 23.5. The third-order valence-electron chi connectivity index (χ3n) is 2.96. The van der Waals surface area contributed by atoms with Crippen LogP contribution < -0.4 is 4.74 Å². The second kappa shape index (κ2) is 7.74. The minimum Gasteiger partial charge on any atom is -0.494 e. The molecular weight excluding hydrogens is 249 g/mol. The van der Waals surface area contributed by atoms with Gasteiger partial charge in [-0.15, -0.1) is 0 Å². The van der Waals surface area contributed by atoms with Gasteiger partial charge < -0.3 is 9.47 Å². The minimum absolute atomic E-state index is 0.238. The van der Waals surface area contributed by atoms with Crippen molar-refractivity contribution in [1.29, 1.82) is 0 Å². The van der Waals surface area contributed by atoms with E-state index in [-0.39, 0.29) is 17.5 Å². The van der Waals surface area contributed by atoms with Crippen LogP contribution in [0.2, 0.25) is 0 Å². The quantitative estimate of drug-likeness (QED) is 0.711. The van der Waals surface area contributed by atoms with Gasteiger partial charge in [0.15, 0.2) is 11.6 Å². The molecule has 19 heavy (non-hydrogen) atoms. The number of halogens is 1. The third-order valence-corrected chi connectivity index (χ3v) is 2.96. The van der Waals surface area contributed by atoms with Gasteiger partial charge in [0.05, 0.1) is 20.6 Å². The normalized spacial score (nSPS) is 10.6. The molecule has 0 aliphatic carbocycles. The summed E-state index contributed by atoms with van der Waals surface area (Å²) in [6.45, 7) is 3.68. The van der Waals surface area contributed by atoms with Crippen LogP contribution in [0.4, 0.5) is 4.39 Å². The molecule has 0 saturated carbocycles. The lowest BCUT2D eigenvalue weighted by molar-refractivity contribution is -0.141. The Morgan fingerprint density at radius 1 is 1.37 bits per heavy atom. The minimum atomic E-state index is -0.346. The monoisotopic (exact) mass is 269 g/mol. The first-order chi connectivity index (χ1) is 9.12. The SMILES string of the molecule is CCN(CCC(=O)OC)Cc1cccc(OC)c1F. The van der Waals surface area contributed by atoms with Crippen molar-refractivity contribution in [3.05, 3.63) is 29.6 Å². The van der Waals surface area contributed by atoms with Gasteiger partial charge in [-0.05, 0) is 12.6 Å². The zero-order valence-corrected chi connectivity index (χ0v) is 11.6. The molecule has 1 aromatic carbocycles. The van der Waals surface area contributed by atoms with E-state index in [1.807, 2.05) is 11.8 Å². The second-order valence-electron chi connectivity index (χ2n) is 4.13. The number of ether oxygens (including phenoxy) is 2. The Morgan fingerprint density at radius 2 is 2.11 bits per heavy atom. The molecule has 0 aliphatic heterocycles. The van der Waals surface area contributed by atoms with E-state index in [0.717, 1.165) is 6.54 Å². The topological polar surface area (TPSA) is 38.8 Å². The molecule has 5 heteroatoms. The van der Waals surface area contributed by atoms with Crippen molar-refractivity contribution < 1.29 is 18.7 Å². The Balaban J connectivity index is 2.67. The van der Waals surface area contributed by atoms with E-state index in [9.17, 15) is 9.18 Å². The van der Waals surface area contributed by atoms with E-state index in [1.54, 1.807) is 18.2 Å². The number of esters is 1. The van der Waals surface area contributed by atoms with Crippen LogP contribution in [0.25, 0.3) is 0 Å². The van der Waals surface area contributed by atoms with Crippen LogP contribution in [-0.2, 0) is 16.1 Å². The van der Waals surface area contributed by atoms with Crippen LogP contribution in [0.5, 0.6) is 5.75 Å². The van der Waals surface area contributed by atoms with Crippen molar-refractivity contribution in [3.8, 4) is 5.75 Å². The number of benzene rings is 1. The van der Waals surface area contributed by atoms with Crippen LogP contribution in [0.1, 0.15) is 18.9 Å². The Morgan fingerprint density at radius 3 is 2.68 bits per heavy atom. The number of carbonyl (C=O) groups excluding carboxylic acids is 1. The standard InChI is InChI=1S/C14H20FNO3/c1-4-16(9-8-13(17)19-3)10-11-6-5-7-12(18-2)14(11)15/h5-7H,4,8-10H2,1-3H3. The molecule has 1 aromatic rings. The Bertz CT molecular complexity index is 423. The van der Waals surface area contributed by atoms with Gasteiger partial charge >= 0.3 is 5.97 Å². The van der Waals surface area contributed by atoms with Crippen molar-refractivity contribution >= 4 is 5.97 Å². The summed E-state index contributed by atoms with van der Waals surface area (Å²) in [7, 11) is 2.80. The molecular formula is C14H20FNO3. The molecule has 106 valence electrons. The number of nitrogens with zero attached hydrogens (tertiary/aromatic N) is 1. The largest absolute Gasteiger partial charge is 0.494 e. The molecule has 0 radical (unpaired) electrons. The van der Waals surface area contributed by atoms with Crippen LogP contribution in [0.15, 0.2) is 18.2 Å². The van der Waals surface area contributed by atoms with Gasteiger partial charge in [0, 0.05) is 18.7 Å². The van der Waals surface area contributed by atoms with Crippen molar-refractivity contribution in [2.45, 2.75) is 19.9 Å².